The van der Waals surface area contributed by atoms with E-state index < -0.39 is 0 Å². The number of carbonyl (C=O) groups is 1. The van der Waals surface area contributed by atoms with E-state index in [9.17, 15) is 4.79 Å². The van der Waals surface area contributed by atoms with E-state index in [0.29, 0.717) is 0 Å². The van der Waals surface area contributed by atoms with Gasteiger partial charge in [-0.1, -0.05) is 29.8 Å². The molecule has 2 aromatic rings. The van der Waals surface area contributed by atoms with Crippen molar-refractivity contribution in [2.24, 2.45) is 0 Å². The van der Waals surface area contributed by atoms with Crippen molar-refractivity contribution in [2.75, 3.05) is 19.6 Å². The summed E-state index contributed by atoms with van der Waals surface area (Å²) >= 11 is 0. The van der Waals surface area contributed by atoms with Crippen LogP contribution in [0.3, 0.4) is 0 Å². The van der Waals surface area contributed by atoms with Gasteiger partial charge in [0.05, 0.1) is 0 Å². The van der Waals surface area contributed by atoms with Crippen LogP contribution in [0.1, 0.15) is 41.7 Å². The van der Waals surface area contributed by atoms with Crippen molar-refractivity contribution in [1.82, 2.24) is 24.6 Å². The Morgan fingerprint density at radius 3 is 2.68 bits per heavy atom. The van der Waals surface area contributed by atoms with Gasteiger partial charge in [0.25, 0.3) is 0 Å². The van der Waals surface area contributed by atoms with Crippen molar-refractivity contribution in [1.29, 1.82) is 0 Å². The van der Waals surface area contributed by atoms with Crippen LogP contribution >= 0.6 is 0 Å². The van der Waals surface area contributed by atoms with Gasteiger partial charge in [-0.3, -0.25) is 9.69 Å². The third-order valence-corrected chi connectivity index (χ3v) is 5.30. The molecule has 4 rings (SSSR count). The van der Waals surface area contributed by atoms with Gasteiger partial charge in [0.1, 0.15) is 5.82 Å². The van der Waals surface area contributed by atoms with E-state index in [1.807, 2.05) is 11.8 Å². The van der Waals surface area contributed by atoms with Gasteiger partial charge in [0.2, 0.25) is 5.91 Å². The molecule has 1 saturated heterocycles. The molecule has 1 fully saturated rings. The molecular formula is C19H25N5O. The molecule has 6 nitrogen and oxygen atoms in total. The first-order chi connectivity index (χ1) is 12.1. The highest BCUT2D eigenvalue weighted by Gasteiger charge is 2.39. The predicted molar refractivity (Wildman–Crippen MR) is 94.9 cm³/mol. The van der Waals surface area contributed by atoms with Crippen molar-refractivity contribution in [3.8, 4) is 0 Å². The molecule has 6 heteroatoms. The topological polar surface area (TPSA) is 54.3 Å². The fourth-order valence-corrected chi connectivity index (χ4v) is 3.99. The van der Waals surface area contributed by atoms with E-state index in [0.717, 1.165) is 57.2 Å². The number of hydrogen-bond acceptors (Lipinski definition) is 4. The monoisotopic (exact) mass is 339 g/mol. The summed E-state index contributed by atoms with van der Waals surface area (Å²) < 4.78 is 2.10. The molecule has 1 amide bonds. The van der Waals surface area contributed by atoms with E-state index in [4.69, 9.17) is 0 Å². The first-order valence-electron chi connectivity index (χ1n) is 9.11. The second-order valence-electron chi connectivity index (χ2n) is 7.15. The van der Waals surface area contributed by atoms with Crippen LogP contribution in [0.15, 0.2) is 24.3 Å². The van der Waals surface area contributed by atoms with E-state index in [1.165, 1.54) is 11.1 Å². The van der Waals surface area contributed by atoms with Crippen molar-refractivity contribution in [3.63, 3.8) is 0 Å². The van der Waals surface area contributed by atoms with Gasteiger partial charge >= 0.3 is 0 Å². The summed E-state index contributed by atoms with van der Waals surface area (Å²) in [6, 6.07) is 8.19. The van der Waals surface area contributed by atoms with Gasteiger partial charge in [0, 0.05) is 32.7 Å². The summed E-state index contributed by atoms with van der Waals surface area (Å²) in [5.74, 6) is 1.87. The highest BCUT2D eigenvalue weighted by Crippen LogP contribution is 2.29. The molecule has 2 aliphatic rings. The minimum Gasteiger partial charge on any atom is -0.341 e. The van der Waals surface area contributed by atoms with Crippen LogP contribution in [0.5, 0.6) is 0 Å². The lowest BCUT2D eigenvalue weighted by Gasteiger charge is -2.36. The van der Waals surface area contributed by atoms with Crippen LogP contribution in [0.25, 0.3) is 0 Å². The molecule has 0 saturated carbocycles. The highest BCUT2D eigenvalue weighted by molar-refractivity contribution is 5.83. The SMILES string of the molecule is Cc1cccc(CN2CCn3c(C)nnc3C2C(=O)N2CCCC2)c1. The molecule has 0 spiro atoms. The minimum atomic E-state index is -0.325. The van der Waals surface area contributed by atoms with Crippen LogP contribution in [-0.4, -0.2) is 50.1 Å². The fraction of sp³-hybridized carbons (Fsp3) is 0.526. The molecule has 0 N–H and O–H groups in total. The Bertz CT molecular complexity index is 778. The number of nitrogens with zero attached hydrogens (tertiary/aromatic N) is 5. The van der Waals surface area contributed by atoms with Crippen LogP contribution in [0.4, 0.5) is 0 Å². The molecule has 1 aromatic carbocycles. The predicted octanol–water partition coefficient (Wildman–Crippen LogP) is 2.07. The standard InChI is InChI=1S/C19H25N5O/c1-14-6-5-7-16(12-14)13-23-10-11-24-15(2)20-21-18(24)17(23)19(25)22-8-3-4-9-22/h5-7,12,17H,3-4,8-11,13H2,1-2H3. The smallest absolute Gasteiger partial charge is 0.247 e. The summed E-state index contributed by atoms with van der Waals surface area (Å²) in [4.78, 5) is 17.5. The molecule has 0 aliphatic carbocycles. The highest BCUT2D eigenvalue weighted by atomic mass is 16.2. The second-order valence-corrected chi connectivity index (χ2v) is 7.15. The second kappa shape index (κ2) is 6.59. The summed E-state index contributed by atoms with van der Waals surface area (Å²) in [5.41, 5.74) is 2.49. The molecular weight excluding hydrogens is 314 g/mol. The number of aromatic nitrogens is 3. The van der Waals surface area contributed by atoms with Crippen LogP contribution in [0.2, 0.25) is 0 Å². The molecule has 3 heterocycles. The Balaban J connectivity index is 1.66. The summed E-state index contributed by atoms with van der Waals surface area (Å²) in [5, 5.41) is 8.59. The Hall–Kier alpha value is -2.21. The molecule has 1 aromatic heterocycles. The largest absolute Gasteiger partial charge is 0.341 e. The average Bonchev–Trinajstić information content (AvgIpc) is 3.25. The van der Waals surface area contributed by atoms with Crippen molar-refractivity contribution in [2.45, 2.75) is 45.8 Å². The third kappa shape index (κ3) is 3.06. The fourth-order valence-electron chi connectivity index (χ4n) is 3.99. The van der Waals surface area contributed by atoms with Crippen molar-refractivity contribution in [3.05, 3.63) is 47.0 Å². The van der Waals surface area contributed by atoms with Gasteiger partial charge in [-0.2, -0.15) is 0 Å². The van der Waals surface area contributed by atoms with Gasteiger partial charge in [0.15, 0.2) is 11.9 Å². The van der Waals surface area contributed by atoms with E-state index >= 15 is 0 Å². The van der Waals surface area contributed by atoms with E-state index in [-0.39, 0.29) is 11.9 Å². The van der Waals surface area contributed by atoms with Gasteiger partial charge in [-0.05, 0) is 32.3 Å². The molecule has 25 heavy (non-hydrogen) atoms. The first kappa shape index (κ1) is 16.3. The Labute approximate surface area is 148 Å². The zero-order chi connectivity index (χ0) is 17.4. The first-order valence-corrected chi connectivity index (χ1v) is 9.11. The Morgan fingerprint density at radius 2 is 1.92 bits per heavy atom. The number of carbonyl (C=O) groups excluding carboxylic acids is 1. The van der Waals surface area contributed by atoms with Gasteiger partial charge in [-0.15, -0.1) is 10.2 Å². The number of hydrogen-bond donors (Lipinski definition) is 0. The average molecular weight is 339 g/mol. The van der Waals surface area contributed by atoms with Crippen LogP contribution in [-0.2, 0) is 17.9 Å². The molecule has 0 bridgehead atoms. The lowest BCUT2D eigenvalue weighted by Crippen LogP contribution is -2.47. The number of rotatable bonds is 3. The number of benzene rings is 1. The normalized spacial score (nSPS) is 20.7. The van der Waals surface area contributed by atoms with E-state index in [1.54, 1.807) is 0 Å². The number of likely N-dealkylation sites (tertiary alicyclic amines) is 1. The molecule has 1 atom stereocenters. The number of fused-ring (bicyclic) bond motifs is 1. The zero-order valence-corrected chi connectivity index (χ0v) is 15.0. The maximum atomic E-state index is 13.2. The van der Waals surface area contributed by atoms with Gasteiger partial charge < -0.3 is 9.47 Å². The molecule has 1 unspecified atom stereocenters. The van der Waals surface area contributed by atoms with E-state index in [2.05, 4.69) is 50.9 Å². The molecule has 0 radical (unpaired) electrons. The quantitative estimate of drug-likeness (QED) is 0.859. The van der Waals surface area contributed by atoms with Crippen LogP contribution < -0.4 is 0 Å². The third-order valence-electron chi connectivity index (χ3n) is 5.30. The number of amides is 1. The Kier molecular flexibility index (Phi) is 4.29. The number of aryl methyl sites for hydroxylation is 2. The lowest BCUT2D eigenvalue weighted by atomic mass is 10.1. The summed E-state index contributed by atoms with van der Waals surface area (Å²) in [6.45, 7) is 8.23. The maximum absolute atomic E-state index is 13.2. The van der Waals surface area contributed by atoms with Crippen LogP contribution in [0, 0.1) is 13.8 Å². The molecule has 132 valence electrons. The van der Waals surface area contributed by atoms with Crippen molar-refractivity contribution >= 4 is 5.91 Å². The van der Waals surface area contributed by atoms with Crippen molar-refractivity contribution < 1.29 is 4.79 Å². The maximum Gasteiger partial charge on any atom is 0.247 e. The molecule has 2 aliphatic heterocycles. The lowest BCUT2D eigenvalue weighted by molar-refractivity contribution is -0.137. The summed E-state index contributed by atoms with van der Waals surface area (Å²) in [7, 11) is 0. The minimum absolute atomic E-state index is 0.179. The Morgan fingerprint density at radius 1 is 1.12 bits per heavy atom. The van der Waals surface area contributed by atoms with Gasteiger partial charge in [-0.25, -0.2) is 0 Å². The summed E-state index contributed by atoms with van der Waals surface area (Å²) in [6.07, 6.45) is 2.20. The zero-order valence-electron chi connectivity index (χ0n) is 15.0.